The summed E-state index contributed by atoms with van der Waals surface area (Å²) in [6.45, 7) is 0.851. The number of nitrogens with one attached hydrogen (secondary N) is 2. The van der Waals surface area contributed by atoms with Crippen molar-refractivity contribution in [2.75, 3.05) is 7.11 Å². The molecule has 0 saturated carbocycles. The van der Waals surface area contributed by atoms with E-state index in [-0.39, 0.29) is 0 Å². The number of aromatic nitrogens is 1. The van der Waals surface area contributed by atoms with Gasteiger partial charge in [-0.25, -0.2) is 0 Å². The Bertz CT molecular complexity index is 540. The molecule has 1 aliphatic rings. The van der Waals surface area contributed by atoms with E-state index in [4.69, 9.17) is 4.74 Å². The quantitative estimate of drug-likeness (QED) is 0.740. The van der Waals surface area contributed by atoms with Gasteiger partial charge in [0.05, 0.1) is 13.7 Å². The van der Waals surface area contributed by atoms with Crippen LogP contribution < -0.4 is 10.1 Å². The molecule has 0 spiro atoms. The Morgan fingerprint density at radius 2 is 2.27 bits per heavy atom. The molecule has 76 valence electrons. The standard InChI is InChI=1S/C12H12N2O/c1-15-11-4-2-3-9-12(11)8-5-6-13-7-10(8)14-9/h2-6,13-14H,7H2,1H3. The van der Waals surface area contributed by atoms with Crippen molar-refractivity contribution in [2.45, 2.75) is 6.54 Å². The van der Waals surface area contributed by atoms with Crippen molar-refractivity contribution in [2.24, 2.45) is 0 Å². The Labute approximate surface area is 87.7 Å². The third-order valence-electron chi connectivity index (χ3n) is 2.77. The van der Waals surface area contributed by atoms with Crippen molar-refractivity contribution in [3.63, 3.8) is 0 Å². The maximum absolute atomic E-state index is 5.38. The van der Waals surface area contributed by atoms with E-state index in [0.29, 0.717) is 0 Å². The highest BCUT2D eigenvalue weighted by Crippen LogP contribution is 2.32. The number of rotatable bonds is 1. The lowest BCUT2D eigenvalue weighted by molar-refractivity contribution is 0.420. The molecule has 0 aliphatic carbocycles. The van der Waals surface area contributed by atoms with E-state index < -0.39 is 0 Å². The molecule has 0 unspecified atom stereocenters. The Morgan fingerprint density at radius 3 is 3.13 bits per heavy atom. The average Bonchev–Trinajstić information content (AvgIpc) is 2.67. The number of hydrogen-bond acceptors (Lipinski definition) is 2. The van der Waals surface area contributed by atoms with Crippen LogP contribution in [0.1, 0.15) is 11.3 Å². The van der Waals surface area contributed by atoms with Crippen LogP contribution in [-0.4, -0.2) is 12.1 Å². The van der Waals surface area contributed by atoms with Crippen molar-refractivity contribution in [1.29, 1.82) is 0 Å². The largest absolute Gasteiger partial charge is 0.496 e. The summed E-state index contributed by atoms with van der Waals surface area (Å²) in [5.74, 6) is 0.927. The normalized spacial score (nSPS) is 13.7. The van der Waals surface area contributed by atoms with E-state index in [9.17, 15) is 0 Å². The number of benzene rings is 1. The maximum atomic E-state index is 5.38. The molecule has 0 radical (unpaired) electrons. The number of fused-ring (bicyclic) bond motifs is 3. The van der Waals surface area contributed by atoms with E-state index in [1.807, 2.05) is 18.3 Å². The third-order valence-corrected chi connectivity index (χ3v) is 2.77. The summed E-state index contributed by atoms with van der Waals surface area (Å²) in [5, 5.41) is 4.36. The highest BCUT2D eigenvalue weighted by molar-refractivity contribution is 5.95. The molecule has 1 aromatic heterocycles. The monoisotopic (exact) mass is 200 g/mol. The average molecular weight is 200 g/mol. The smallest absolute Gasteiger partial charge is 0.128 e. The van der Waals surface area contributed by atoms with E-state index in [2.05, 4.69) is 22.4 Å². The van der Waals surface area contributed by atoms with Crippen molar-refractivity contribution in [3.8, 4) is 5.75 Å². The summed E-state index contributed by atoms with van der Waals surface area (Å²) in [6, 6.07) is 6.07. The molecule has 15 heavy (non-hydrogen) atoms. The Morgan fingerprint density at radius 1 is 1.33 bits per heavy atom. The number of hydrogen-bond donors (Lipinski definition) is 2. The van der Waals surface area contributed by atoms with Crippen LogP contribution in [0.2, 0.25) is 0 Å². The van der Waals surface area contributed by atoms with Crippen molar-refractivity contribution < 1.29 is 4.74 Å². The van der Waals surface area contributed by atoms with Gasteiger partial charge in [-0.3, -0.25) is 0 Å². The SMILES string of the molecule is COc1cccc2[nH]c3c(c12)C=CNC3. The molecule has 0 atom stereocenters. The fourth-order valence-electron chi connectivity index (χ4n) is 2.09. The van der Waals surface area contributed by atoms with Crippen LogP contribution in [0.4, 0.5) is 0 Å². The number of aromatic amines is 1. The lowest BCUT2D eigenvalue weighted by atomic mass is 10.1. The number of ether oxygens (including phenoxy) is 1. The van der Waals surface area contributed by atoms with Gasteiger partial charge < -0.3 is 15.0 Å². The fourth-order valence-corrected chi connectivity index (χ4v) is 2.09. The van der Waals surface area contributed by atoms with Gasteiger partial charge in [0.1, 0.15) is 5.75 Å². The first-order chi connectivity index (χ1) is 7.40. The van der Waals surface area contributed by atoms with E-state index in [0.717, 1.165) is 17.8 Å². The molecule has 3 nitrogen and oxygen atoms in total. The minimum Gasteiger partial charge on any atom is -0.496 e. The lowest BCUT2D eigenvalue weighted by Crippen LogP contribution is -2.09. The van der Waals surface area contributed by atoms with Gasteiger partial charge in [0.2, 0.25) is 0 Å². The molecule has 3 heteroatoms. The maximum Gasteiger partial charge on any atom is 0.128 e. The summed E-state index contributed by atoms with van der Waals surface area (Å²) in [4.78, 5) is 3.40. The van der Waals surface area contributed by atoms with Crippen LogP contribution >= 0.6 is 0 Å². The van der Waals surface area contributed by atoms with Gasteiger partial charge in [-0.15, -0.1) is 0 Å². The van der Waals surface area contributed by atoms with Gasteiger partial charge in [-0.05, 0) is 24.4 Å². The van der Waals surface area contributed by atoms with Crippen LogP contribution in [0, 0.1) is 0 Å². The first kappa shape index (κ1) is 8.41. The first-order valence-electron chi connectivity index (χ1n) is 4.97. The van der Waals surface area contributed by atoms with Gasteiger partial charge in [0.25, 0.3) is 0 Å². The Kier molecular flexibility index (Phi) is 1.71. The van der Waals surface area contributed by atoms with E-state index in [1.54, 1.807) is 7.11 Å². The molecule has 2 N–H and O–H groups in total. The highest BCUT2D eigenvalue weighted by Gasteiger charge is 2.14. The minimum atomic E-state index is 0.851. The first-order valence-corrected chi connectivity index (χ1v) is 4.97. The third kappa shape index (κ3) is 1.13. The molecule has 0 bridgehead atoms. The number of H-pyrrole nitrogens is 1. The topological polar surface area (TPSA) is 37.0 Å². The molecule has 0 fully saturated rings. The molecule has 0 amide bonds. The van der Waals surface area contributed by atoms with Crippen LogP contribution in [0.3, 0.4) is 0 Å². The lowest BCUT2D eigenvalue weighted by Gasteiger charge is -2.07. The molecule has 1 aliphatic heterocycles. The predicted octanol–water partition coefficient (Wildman–Crippen LogP) is 2.25. The van der Waals surface area contributed by atoms with Gasteiger partial charge in [-0.2, -0.15) is 0 Å². The second-order valence-corrected chi connectivity index (χ2v) is 3.61. The molecule has 2 aromatic rings. The molecular formula is C12H12N2O. The zero-order valence-corrected chi connectivity index (χ0v) is 8.50. The zero-order chi connectivity index (χ0) is 10.3. The summed E-state index contributed by atoms with van der Waals surface area (Å²) in [5.41, 5.74) is 3.59. The summed E-state index contributed by atoms with van der Waals surface area (Å²) < 4.78 is 5.38. The molecule has 3 rings (SSSR count). The van der Waals surface area contributed by atoms with Crippen molar-refractivity contribution in [1.82, 2.24) is 10.3 Å². The van der Waals surface area contributed by atoms with Gasteiger partial charge in [0, 0.05) is 22.2 Å². The van der Waals surface area contributed by atoms with E-state index >= 15 is 0 Å². The van der Waals surface area contributed by atoms with Crippen molar-refractivity contribution >= 4 is 17.0 Å². The van der Waals surface area contributed by atoms with Gasteiger partial charge in [-0.1, -0.05) is 6.07 Å². The molecule has 1 aromatic carbocycles. The summed E-state index contributed by atoms with van der Waals surface area (Å²) in [7, 11) is 1.71. The zero-order valence-electron chi connectivity index (χ0n) is 8.50. The second kappa shape index (κ2) is 3.05. The Hall–Kier alpha value is -1.90. The van der Waals surface area contributed by atoms with E-state index in [1.165, 1.54) is 16.6 Å². The van der Waals surface area contributed by atoms with Crippen LogP contribution in [-0.2, 0) is 6.54 Å². The molecule has 2 heterocycles. The predicted molar refractivity (Wildman–Crippen MR) is 60.7 cm³/mol. The molecular weight excluding hydrogens is 188 g/mol. The molecule has 0 saturated heterocycles. The Balaban J connectivity index is 2.39. The highest BCUT2D eigenvalue weighted by atomic mass is 16.5. The summed E-state index contributed by atoms with van der Waals surface area (Å²) >= 11 is 0. The minimum absolute atomic E-state index is 0.851. The van der Waals surface area contributed by atoms with Crippen LogP contribution in [0.15, 0.2) is 24.4 Å². The number of methoxy groups -OCH3 is 1. The van der Waals surface area contributed by atoms with Gasteiger partial charge in [0.15, 0.2) is 0 Å². The summed E-state index contributed by atoms with van der Waals surface area (Å²) in [6.07, 6.45) is 4.06. The van der Waals surface area contributed by atoms with Crippen molar-refractivity contribution in [3.05, 3.63) is 35.7 Å². The van der Waals surface area contributed by atoms with Crippen LogP contribution in [0.25, 0.3) is 17.0 Å². The van der Waals surface area contributed by atoms with Crippen LogP contribution in [0.5, 0.6) is 5.75 Å². The van der Waals surface area contributed by atoms with Gasteiger partial charge >= 0.3 is 0 Å². The second-order valence-electron chi connectivity index (χ2n) is 3.61. The fraction of sp³-hybridized carbons (Fsp3) is 0.167.